The van der Waals surface area contributed by atoms with E-state index in [1.165, 1.54) is 6.07 Å². The molecule has 0 atom stereocenters. The van der Waals surface area contributed by atoms with Gasteiger partial charge in [-0.2, -0.15) is 0 Å². The molecule has 1 saturated carbocycles. The van der Waals surface area contributed by atoms with Crippen molar-refractivity contribution in [2.45, 2.75) is 25.7 Å². The normalized spacial score (nSPS) is 21.0. The molecule has 1 aromatic carbocycles. The second-order valence-corrected chi connectivity index (χ2v) is 6.05. The summed E-state index contributed by atoms with van der Waals surface area (Å²) < 4.78 is 0. The number of barbiturate groups is 1. The summed E-state index contributed by atoms with van der Waals surface area (Å²) in [5.74, 6) is -1.03. The Morgan fingerprint density at radius 2 is 1.76 bits per heavy atom. The third-order valence-corrected chi connectivity index (χ3v) is 4.91. The van der Waals surface area contributed by atoms with Gasteiger partial charge in [0, 0.05) is 0 Å². The van der Waals surface area contributed by atoms with Crippen LogP contribution >= 0.6 is 23.2 Å². The van der Waals surface area contributed by atoms with E-state index in [0.29, 0.717) is 12.8 Å². The molecular formula is C14H12Cl2N2O3. The third kappa shape index (κ3) is 2.03. The number of hydrogen-bond donors (Lipinski definition) is 1. The van der Waals surface area contributed by atoms with Crippen LogP contribution in [0.25, 0.3) is 0 Å². The molecule has 3 rings (SSSR count). The Balaban J connectivity index is 2.09. The van der Waals surface area contributed by atoms with Crippen LogP contribution in [0.4, 0.5) is 10.5 Å². The van der Waals surface area contributed by atoms with Gasteiger partial charge in [0.25, 0.3) is 5.91 Å². The first kappa shape index (κ1) is 14.4. The molecule has 1 aliphatic heterocycles. The van der Waals surface area contributed by atoms with Crippen LogP contribution in [0.1, 0.15) is 25.7 Å². The van der Waals surface area contributed by atoms with Gasteiger partial charge in [0.15, 0.2) is 0 Å². The quantitative estimate of drug-likeness (QED) is 0.806. The molecule has 1 spiro atoms. The number of nitrogens with one attached hydrogen (secondary N) is 1. The molecule has 1 N–H and O–H groups in total. The molecule has 2 fully saturated rings. The van der Waals surface area contributed by atoms with E-state index in [4.69, 9.17) is 23.2 Å². The lowest BCUT2D eigenvalue weighted by Gasteiger charge is -2.37. The summed E-state index contributed by atoms with van der Waals surface area (Å²) in [5.41, 5.74) is -0.954. The Labute approximate surface area is 131 Å². The van der Waals surface area contributed by atoms with E-state index in [9.17, 15) is 14.4 Å². The van der Waals surface area contributed by atoms with E-state index in [-0.39, 0.29) is 15.7 Å². The third-order valence-electron chi connectivity index (χ3n) is 4.10. The number of halogens is 2. The Bertz CT molecular complexity index is 654. The van der Waals surface area contributed by atoms with E-state index >= 15 is 0 Å². The Kier molecular flexibility index (Phi) is 3.42. The van der Waals surface area contributed by atoms with Gasteiger partial charge in [0.2, 0.25) is 5.91 Å². The summed E-state index contributed by atoms with van der Waals surface area (Å²) in [6.07, 6.45) is 2.45. The largest absolute Gasteiger partial charge is 0.335 e. The van der Waals surface area contributed by atoms with Gasteiger partial charge < -0.3 is 0 Å². The smallest absolute Gasteiger partial charge is 0.276 e. The zero-order valence-electron chi connectivity index (χ0n) is 11.0. The predicted molar refractivity (Wildman–Crippen MR) is 78.4 cm³/mol. The summed E-state index contributed by atoms with van der Waals surface area (Å²) in [4.78, 5) is 37.9. The zero-order chi connectivity index (χ0) is 15.2. The average Bonchev–Trinajstić information content (AvgIpc) is 2.92. The van der Waals surface area contributed by atoms with Crippen molar-refractivity contribution in [2.24, 2.45) is 5.41 Å². The van der Waals surface area contributed by atoms with Gasteiger partial charge >= 0.3 is 6.03 Å². The number of benzene rings is 1. The van der Waals surface area contributed by atoms with E-state index in [1.807, 2.05) is 0 Å². The van der Waals surface area contributed by atoms with Crippen LogP contribution in [0.3, 0.4) is 0 Å². The first-order chi connectivity index (χ1) is 9.97. The maximum absolute atomic E-state index is 12.8. The van der Waals surface area contributed by atoms with Crippen molar-refractivity contribution in [1.82, 2.24) is 5.32 Å². The molecule has 21 heavy (non-hydrogen) atoms. The number of hydrogen-bond acceptors (Lipinski definition) is 3. The van der Waals surface area contributed by atoms with Gasteiger partial charge in [-0.15, -0.1) is 0 Å². The van der Waals surface area contributed by atoms with Crippen molar-refractivity contribution in [2.75, 3.05) is 4.90 Å². The summed E-state index contributed by atoms with van der Waals surface area (Å²) >= 11 is 12.0. The van der Waals surface area contributed by atoms with Crippen molar-refractivity contribution < 1.29 is 14.4 Å². The summed E-state index contributed by atoms with van der Waals surface area (Å²) in [5, 5.41) is 2.62. The van der Waals surface area contributed by atoms with Crippen LogP contribution in [0.2, 0.25) is 10.0 Å². The van der Waals surface area contributed by atoms with E-state index in [2.05, 4.69) is 5.32 Å². The van der Waals surface area contributed by atoms with Gasteiger partial charge in [-0.1, -0.05) is 42.1 Å². The first-order valence-corrected chi connectivity index (χ1v) is 7.37. The molecule has 1 saturated heterocycles. The second kappa shape index (κ2) is 5.00. The number of carbonyl (C=O) groups excluding carboxylic acids is 3. The standard InChI is InChI=1S/C14H12Cl2N2O3/c15-8-4-3-5-9(10(8)16)18-12(20)14(6-1-2-7-14)11(19)17-13(18)21/h3-5H,1-2,6-7H2,(H,17,19,21). The molecule has 7 heteroatoms. The van der Waals surface area contributed by atoms with Gasteiger partial charge in [0.05, 0.1) is 15.7 Å². The fourth-order valence-electron chi connectivity index (χ4n) is 2.98. The van der Waals surface area contributed by atoms with Crippen LogP contribution in [0.5, 0.6) is 0 Å². The molecule has 4 amide bonds. The van der Waals surface area contributed by atoms with Gasteiger partial charge in [-0.05, 0) is 25.0 Å². The predicted octanol–water partition coefficient (Wildman–Crippen LogP) is 3.14. The maximum Gasteiger partial charge on any atom is 0.335 e. The number of nitrogens with zero attached hydrogens (tertiary/aromatic N) is 1. The van der Waals surface area contributed by atoms with Crippen molar-refractivity contribution in [3.8, 4) is 0 Å². The van der Waals surface area contributed by atoms with Gasteiger partial charge in [-0.3, -0.25) is 14.9 Å². The fraction of sp³-hybridized carbons (Fsp3) is 0.357. The summed E-state index contributed by atoms with van der Waals surface area (Å²) in [7, 11) is 0. The molecule has 110 valence electrons. The lowest BCUT2D eigenvalue weighted by molar-refractivity contribution is -0.142. The molecule has 1 heterocycles. The van der Waals surface area contributed by atoms with Crippen LogP contribution < -0.4 is 10.2 Å². The maximum atomic E-state index is 12.8. The lowest BCUT2D eigenvalue weighted by Crippen LogP contribution is -2.63. The number of anilines is 1. The number of carbonyl (C=O) groups is 3. The summed E-state index contributed by atoms with van der Waals surface area (Å²) in [6.45, 7) is 0. The Morgan fingerprint density at radius 3 is 2.43 bits per heavy atom. The van der Waals surface area contributed by atoms with E-state index in [0.717, 1.165) is 17.7 Å². The second-order valence-electron chi connectivity index (χ2n) is 5.26. The van der Waals surface area contributed by atoms with Crippen LogP contribution in [0, 0.1) is 5.41 Å². The van der Waals surface area contributed by atoms with Crippen LogP contribution in [0.15, 0.2) is 18.2 Å². The minimum Gasteiger partial charge on any atom is -0.276 e. The van der Waals surface area contributed by atoms with E-state index < -0.39 is 23.3 Å². The van der Waals surface area contributed by atoms with Crippen LogP contribution in [-0.4, -0.2) is 17.8 Å². The minimum atomic E-state index is -1.15. The highest BCUT2D eigenvalue weighted by Gasteiger charge is 2.55. The highest BCUT2D eigenvalue weighted by atomic mass is 35.5. The minimum absolute atomic E-state index is 0.116. The number of urea groups is 1. The molecule has 0 radical (unpaired) electrons. The highest BCUT2D eigenvalue weighted by Crippen LogP contribution is 2.44. The van der Waals surface area contributed by atoms with Gasteiger partial charge in [0.1, 0.15) is 5.41 Å². The monoisotopic (exact) mass is 326 g/mol. The zero-order valence-corrected chi connectivity index (χ0v) is 12.5. The molecule has 1 aromatic rings. The number of rotatable bonds is 1. The molecular weight excluding hydrogens is 315 g/mol. The first-order valence-electron chi connectivity index (χ1n) is 6.61. The average molecular weight is 327 g/mol. The number of imide groups is 2. The van der Waals surface area contributed by atoms with Crippen molar-refractivity contribution in [3.05, 3.63) is 28.2 Å². The van der Waals surface area contributed by atoms with Crippen molar-refractivity contribution >= 4 is 46.7 Å². The summed E-state index contributed by atoms with van der Waals surface area (Å²) in [6, 6.07) is 3.91. The molecule has 0 unspecified atom stereocenters. The lowest BCUT2D eigenvalue weighted by atomic mass is 9.82. The highest BCUT2D eigenvalue weighted by molar-refractivity contribution is 6.45. The van der Waals surface area contributed by atoms with Crippen LogP contribution in [-0.2, 0) is 9.59 Å². The van der Waals surface area contributed by atoms with Crippen molar-refractivity contribution in [3.63, 3.8) is 0 Å². The Morgan fingerprint density at radius 1 is 1.10 bits per heavy atom. The Hall–Kier alpha value is -1.59. The molecule has 1 aliphatic carbocycles. The molecule has 5 nitrogen and oxygen atoms in total. The fourth-order valence-corrected chi connectivity index (χ4v) is 3.36. The van der Waals surface area contributed by atoms with Gasteiger partial charge in [-0.25, -0.2) is 9.69 Å². The molecule has 0 bridgehead atoms. The SMILES string of the molecule is O=C1NC(=O)C2(CCCC2)C(=O)N1c1cccc(Cl)c1Cl. The number of amides is 4. The molecule has 2 aliphatic rings. The van der Waals surface area contributed by atoms with Crippen molar-refractivity contribution in [1.29, 1.82) is 0 Å². The molecule has 0 aromatic heterocycles. The van der Waals surface area contributed by atoms with E-state index in [1.54, 1.807) is 12.1 Å². The topological polar surface area (TPSA) is 66.5 Å².